The molecule has 2 rings (SSSR count). The fraction of sp³-hybridized carbons (Fsp3) is 0.583. The second-order valence-corrected chi connectivity index (χ2v) is 8.04. The number of aryl methyl sites for hydroxylation is 1. The molecule has 1 aromatic heterocycles. The van der Waals surface area contributed by atoms with Crippen molar-refractivity contribution in [3.63, 3.8) is 0 Å². The van der Waals surface area contributed by atoms with Crippen molar-refractivity contribution < 1.29 is 13.2 Å². The number of thiophene rings is 1. The standard InChI is InChI=1S/C12H19N3O3S2/c1-7-5-15(6-8(2)14-7)12(16)10-4-11(9(3)19-10)20(13,17)18/h4,7-8,14H,5-6H2,1-3H3,(H2,13,17,18)/t7-,8-/m1/s1. The van der Waals surface area contributed by atoms with Gasteiger partial charge in [0.15, 0.2) is 0 Å². The summed E-state index contributed by atoms with van der Waals surface area (Å²) in [5, 5.41) is 8.49. The number of primary sulfonamides is 1. The number of hydrogen-bond donors (Lipinski definition) is 2. The maximum Gasteiger partial charge on any atom is 0.264 e. The van der Waals surface area contributed by atoms with E-state index < -0.39 is 10.0 Å². The van der Waals surface area contributed by atoms with Gasteiger partial charge in [0.05, 0.1) is 9.77 Å². The van der Waals surface area contributed by atoms with Crippen molar-refractivity contribution >= 4 is 27.3 Å². The first-order chi connectivity index (χ1) is 9.18. The van der Waals surface area contributed by atoms with Crippen LogP contribution >= 0.6 is 11.3 Å². The fourth-order valence-electron chi connectivity index (χ4n) is 2.50. The number of amides is 1. The van der Waals surface area contributed by atoms with Crippen LogP contribution in [0.4, 0.5) is 0 Å². The molecule has 0 bridgehead atoms. The molecular formula is C12H19N3O3S2. The summed E-state index contributed by atoms with van der Waals surface area (Å²) in [7, 11) is -3.77. The molecule has 1 saturated heterocycles. The summed E-state index contributed by atoms with van der Waals surface area (Å²) in [5.74, 6) is -0.131. The number of rotatable bonds is 2. The molecule has 1 aliphatic heterocycles. The SMILES string of the molecule is Cc1sc(C(=O)N2C[C@@H](C)N[C@H](C)C2)cc1S(N)(=O)=O. The van der Waals surface area contributed by atoms with E-state index in [0.717, 1.165) is 0 Å². The van der Waals surface area contributed by atoms with Crippen LogP contribution in [-0.4, -0.2) is 44.4 Å². The Hall–Kier alpha value is -0.960. The Labute approximate surface area is 123 Å². The van der Waals surface area contributed by atoms with Gasteiger partial charge >= 0.3 is 0 Å². The molecule has 2 atom stereocenters. The summed E-state index contributed by atoms with van der Waals surface area (Å²) >= 11 is 1.17. The fourth-order valence-corrected chi connectivity index (χ4v) is 4.62. The van der Waals surface area contributed by atoms with E-state index in [-0.39, 0.29) is 22.9 Å². The van der Waals surface area contributed by atoms with Gasteiger partial charge < -0.3 is 10.2 Å². The maximum atomic E-state index is 12.5. The van der Waals surface area contributed by atoms with E-state index in [2.05, 4.69) is 5.32 Å². The third kappa shape index (κ3) is 3.20. The number of piperazine rings is 1. The first kappa shape index (κ1) is 15.4. The molecule has 0 radical (unpaired) electrons. The van der Waals surface area contributed by atoms with Gasteiger partial charge in [0, 0.05) is 30.1 Å². The largest absolute Gasteiger partial charge is 0.335 e. The molecule has 0 saturated carbocycles. The second kappa shape index (κ2) is 5.44. The lowest BCUT2D eigenvalue weighted by molar-refractivity contribution is 0.0678. The Kier molecular flexibility index (Phi) is 4.19. The number of hydrogen-bond acceptors (Lipinski definition) is 5. The highest BCUT2D eigenvalue weighted by molar-refractivity contribution is 7.89. The zero-order valence-electron chi connectivity index (χ0n) is 11.7. The molecule has 0 unspecified atom stereocenters. The predicted octanol–water partition coefficient (Wildman–Crippen LogP) is 0.526. The number of carbonyl (C=O) groups excluding carboxylic acids is 1. The van der Waals surface area contributed by atoms with Crippen LogP contribution in [0.2, 0.25) is 0 Å². The van der Waals surface area contributed by atoms with Gasteiger partial charge in [-0.15, -0.1) is 11.3 Å². The molecular weight excluding hydrogens is 298 g/mol. The van der Waals surface area contributed by atoms with Gasteiger partial charge in [-0.3, -0.25) is 4.79 Å². The summed E-state index contributed by atoms with van der Waals surface area (Å²) < 4.78 is 22.8. The number of carbonyl (C=O) groups is 1. The van der Waals surface area contributed by atoms with E-state index >= 15 is 0 Å². The summed E-state index contributed by atoms with van der Waals surface area (Å²) in [6, 6.07) is 1.83. The van der Waals surface area contributed by atoms with E-state index in [1.807, 2.05) is 13.8 Å². The molecule has 1 fully saturated rings. The van der Waals surface area contributed by atoms with E-state index in [1.165, 1.54) is 17.4 Å². The van der Waals surface area contributed by atoms with Crippen molar-refractivity contribution in [3.05, 3.63) is 15.8 Å². The minimum atomic E-state index is -3.77. The van der Waals surface area contributed by atoms with Gasteiger partial charge in [-0.25, -0.2) is 13.6 Å². The van der Waals surface area contributed by atoms with Crippen LogP contribution in [0.15, 0.2) is 11.0 Å². The van der Waals surface area contributed by atoms with Gasteiger partial charge in [0.1, 0.15) is 0 Å². The van der Waals surface area contributed by atoms with Crippen molar-refractivity contribution in [2.24, 2.45) is 5.14 Å². The topological polar surface area (TPSA) is 92.5 Å². The molecule has 0 spiro atoms. The molecule has 8 heteroatoms. The van der Waals surface area contributed by atoms with Crippen LogP contribution < -0.4 is 10.5 Å². The molecule has 1 aliphatic rings. The zero-order chi connectivity index (χ0) is 15.1. The van der Waals surface area contributed by atoms with E-state index in [9.17, 15) is 13.2 Å². The minimum absolute atomic E-state index is 0.0436. The zero-order valence-corrected chi connectivity index (χ0v) is 13.3. The third-order valence-electron chi connectivity index (χ3n) is 3.23. The molecule has 2 heterocycles. The van der Waals surface area contributed by atoms with Gasteiger partial charge in [-0.05, 0) is 26.8 Å². The van der Waals surface area contributed by atoms with Crippen LogP contribution in [0.1, 0.15) is 28.4 Å². The number of nitrogens with one attached hydrogen (secondary N) is 1. The van der Waals surface area contributed by atoms with E-state index in [1.54, 1.807) is 11.8 Å². The maximum absolute atomic E-state index is 12.5. The lowest BCUT2D eigenvalue weighted by Gasteiger charge is -2.35. The van der Waals surface area contributed by atoms with Crippen molar-refractivity contribution in [3.8, 4) is 0 Å². The molecule has 112 valence electrons. The second-order valence-electron chi connectivity index (χ2n) is 5.25. The van der Waals surface area contributed by atoms with Gasteiger partial charge in [0.2, 0.25) is 10.0 Å². The molecule has 0 aliphatic carbocycles. The number of nitrogens with two attached hydrogens (primary N) is 1. The molecule has 1 aromatic rings. The lowest BCUT2D eigenvalue weighted by Crippen LogP contribution is -2.55. The van der Waals surface area contributed by atoms with Gasteiger partial charge in [0.25, 0.3) is 5.91 Å². The Morgan fingerprint density at radius 1 is 1.40 bits per heavy atom. The van der Waals surface area contributed by atoms with Crippen LogP contribution in [0.25, 0.3) is 0 Å². The van der Waals surface area contributed by atoms with Crippen LogP contribution in [0.3, 0.4) is 0 Å². The minimum Gasteiger partial charge on any atom is -0.335 e. The third-order valence-corrected chi connectivity index (χ3v) is 5.44. The Morgan fingerprint density at radius 3 is 2.40 bits per heavy atom. The van der Waals surface area contributed by atoms with Gasteiger partial charge in [-0.1, -0.05) is 0 Å². The van der Waals surface area contributed by atoms with Crippen molar-refractivity contribution in [2.45, 2.75) is 37.8 Å². The monoisotopic (exact) mass is 317 g/mol. The highest BCUT2D eigenvalue weighted by atomic mass is 32.2. The van der Waals surface area contributed by atoms with E-state index in [4.69, 9.17) is 5.14 Å². The Morgan fingerprint density at radius 2 is 1.95 bits per heavy atom. The number of sulfonamides is 1. The van der Waals surface area contributed by atoms with Crippen molar-refractivity contribution in [1.82, 2.24) is 10.2 Å². The summed E-state index contributed by atoms with van der Waals surface area (Å²) in [6.45, 7) is 6.93. The highest BCUT2D eigenvalue weighted by Gasteiger charge is 2.28. The Bertz CT molecular complexity index is 614. The summed E-state index contributed by atoms with van der Waals surface area (Å²) in [6.07, 6.45) is 0. The smallest absolute Gasteiger partial charge is 0.264 e. The van der Waals surface area contributed by atoms with Crippen LogP contribution in [0, 0.1) is 6.92 Å². The van der Waals surface area contributed by atoms with Crippen molar-refractivity contribution in [1.29, 1.82) is 0 Å². The summed E-state index contributed by atoms with van der Waals surface area (Å²) in [5.41, 5.74) is 0. The predicted molar refractivity (Wildman–Crippen MR) is 78.4 cm³/mol. The highest BCUT2D eigenvalue weighted by Crippen LogP contribution is 2.26. The quantitative estimate of drug-likeness (QED) is 0.832. The molecule has 0 aromatic carbocycles. The van der Waals surface area contributed by atoms with Crippen LogP contribution in [-0.2, 0) is 10.0 Å². The van der Waals surface area contributed by atoms with E-state index in [0.29, 0.717) is 22.8 Å². The normalized spacial score (nSPS) is 23.9. The molecule has 1 amide bonds. The van der Waals surface area contributed by atoms with Crippen LogP contribution in [0.5, 0.6) is 0 Å². The summed E-state index contributed by atoms with van der Waals surface area (Å²) in [4.78, 5) is 15.2. The molecule has 20 heavy (non-hydrogen) atoms. The van der Waals surface area contributed by atoms with Crippen molar-refractivity contribution in [2.75, 3.05) is 13.1 Å². The molecule has 3 N–H and O–H groups in total. The lowest BCUT2D eigenvalue weighted by atomic mass is 10.1. The first-order valence-corrected chi connectivity index (χ1v) is 8.73. The molecule has 6 nitrogen and oxygen atoms in total. The number of nitrogens with zero attached hydrogens (tertiary/aromatic N) is 1. The average Bonchev–Trinajstić information content (AvgIpc) is 2.68. The van der Waals surface area contributed by atoms with Gasteiger partial charge in [-0.2, -0.15) is 0 Å². The Balaban J connectivity index is 2.26. The first-order valence-electron chi connectivity index (χ1n) is 6.37. The average molecular weight is 317 g/mol.